The predicted molar refractivity (Wildman–Crippen MR) is 141 cm³/mol. The average molecular weight is 556 g/mol. The molecular weight excluding hydrogens is 529 g/mol. The minimum absolute atomic E-state index is 0.00765. The highest BCUT2D eigenvalue weighted by atomic mass is 35.5. The molecule has 0 unspecified atom stereocenters. The molecule has 1 amide bonds. The van der Waals surface area contributed by atoms with Gasteiger partial charge in [-0.05, 0) is 56.4 Å². The number of hydrogen-bond donors (Lipinski definition) is 1. The maximum Gasteiger partial charge on any atom is 0.244 e. The van der Waals surface area contributed by atoms with Crippen LogP contribution in [0.15, 0.2) is 59.5 Å². The number of carbonyl (C=O) groups is 1. The smallest absolute Gasteiger partial charge is 0.244 e. The van der Waals surface area contributed by atoms with E-state index in [0.29, 0.717) is 31.6 Å². The highest BCUT2D eigenvalue weighted by Crippen LogP contribution is 2.38. The first-order valence-corrected chi connectivity index (χ1v) is 14.3. The summed E-state index contributed by atoms with van der Waals surface area (Å²) in [7, 11) is -4.00. The lowest BCUT2D eigenvalue weighted by atomic mass is 10.1. The molecule has 1 aliphatic heterocycles. The van der Waals surface area contributed by atoms with Crippen molar-refractivity contribution in [3.63, 3.8) is 0 Å². The summed E-state index contributed by atoms with van der Waals surface area (Å²) < 4.78 is 42.7. The number of rotatable bonds is 8. The summed E-state index contributed by atoms with van der Waals surface area (Å²) in [5, 5.41) is 15.8. The van der Waals surface area contributed by atoms with Crippen molar-refractivity contribution in [3.8, 4) is 6.07 Å². The summed E-state index contributed by atoms with van der Waals surface area (Å²) in [6.45, 7) is 2.39. The van der Waals surface area contributed by atoms with Gasteiger partial charge in [0.25, 0.3) is 0 Å². The van der Waals surface area contributed by atoms with E-state index in [1.54, 1.807) is 9.58 Å². The number of aromatic nitrogens is 2. The Labute approximate surface area is 225 Å². The zero-order chi connectivity index (χ0) is 27.1. The van der Waals surface area contributed by atoms with E-state index in [1.807, 2.05) is 43.3 Å². The summed E-state index contributed by atoms with van der Waals surface area (Å²) in [5.41, 5.74) is 0.956. The van der Waals surface area contributed by atoms with Crippen molar-refractivity contribution in [2.45, 2.75) is 60.9 Å². The molecule has 1 saturated heterocycles. The number of nitrogens with zero attached hydrogens (tertiary/aromatic N) is 4. The van der Waals surface area contributed by atoms with E-state index in [2.05, 4.69) is 16.5 Å². The number of nitriles is 1. The molecule has 2 aromatic carbocycles. The van der Waals surface area contributed by atoms with Gasteiger partial charge in [-0.1, -0.05) is 41.9 Å². The monoisotopic (exact) mass is 555 g/mol. The Balaban J connectivity index is 1.47. The Morgan fingerprint density at radius 1 is 1.24 bits per heavy atom. The van der Waals surface area contributed by atoms with Gasteiger partial charge in [-0.2, -0.15) is 10.4 Å². The molecule has 1 aromatic heterocycles. The van der Waals surface area contributed by atoms with Crippen LogP contribution >= 0.6 is 11.6 Å². The van der Waals surface area contributed by atoms with Crippen LogP contribution in [0.4, 0.5) is 10.2 Å². The lowest BCUT2D eigenvalue weighted by Gasteiger charge is -2.27. The third-order valence-corrected chi connectivity index (χ3v) is 9.77. The molecule has 2 aliphatic rings. The van der Waals surface area contributed by atoms with Crippen molar-refractivity contribution in [1.29, 1.82) is 5.26 Å². The van der Waals surface area contributed by atoms with E-state index in [-0.39, 0.29) is 22.9 Å². The largest absolute Gasteiger partial charge is 0.343 e. The van der Waals surface area contributed by atoms with Gasteiger partial charge in [-0.25, -0.2) is 17.5 Å². The molecule has 1 aliphatic carbocycles. The Kier molecular flexibility index (Phi) is 6.92. The SMILES string of the molecule is Cc1cc(N2C[C@H](S(=O)(=O)c3ccc(F)cc3Cl)C[C@H]2C(=O)NC2(C#N)CC2)n(CCc2ccccc2)n1. The van der Waals surface area contributed by atoms with Crippen molar-refractivity contribution >= 4 is 33.2 Å². The molecule has 1 N–H and O–H groups in total. The van der Waals surface area contributed by atoms with E-state index in [4.69, 9.17) is 11.6 Å². The fraction of sp³-hybridized carbons (Fsp3) is 0.370. The van der Waals surface area contributed by atoms with Crippen LogP contribution < -0.4 is 10.2 Å². The number of nitrogens with one attached hydrogen (secondary N) is 1. The average Bonchev–Trinajstić information content (AvgIpc) is 3.33. The number of benzene rings is 2. The second-order valence-corrected chi connectivity index (χ2v) is 12.5. The molecule has 38 heavy (non-hydrogen) atoms. The van der Waals surface area contributed by atoms with Crippen molar-refractivity contribution in [3.05, 3.63) is 76.7 Å². The second-order valence-electron chi connectivity index (χ2n) is 9.93. The lowest BCUT2D eigenvalue weighted by molar-refractivity contribution is -0.122. The minimum Gasteiger partial charge on any atom is -0.343 e. The molecule has 3 aromatic rings. The van der Waals surface area contributed by atoms with Gasteiger partial charge in [-0.15, -0.1) is 0 Å². The lowest BCUT2D eigenvalue weighted by Crippen LogP contribution is -2.48. The van der Waals surface area contributed by atoms with Gasteiger partial charge in [0, 0.05) is 19.2 Å². The van der Waals surface area contributed by atoms with Gasteiger partial charge in [0.2, 0.25) is 5.91 Å². The van der Waals surface area contributed by atoms with E-state index in [1.165, 1.54) is 0 Å². The highest BCUT2D eigenvalue weighted by Gasteiger charge is 2.50. The summed E-state index contributed by atoms with van der Waals surface area (Å²) in [4.78, 5) is 15.0. The van der Waals surface area contributed by atoms with Gasteiger partial charge < -0.3 is 10.2 Å². The number of hydrogen-bond acceptors (Lipinski definition) is 6. The summed E-state index contributed by atoms with van der Waals surface area (Å²) in [5.74, 6) is -0.410. The maximum absolute atomic E-state index is 13.6. The summed E-state index contributed by atoms with van der Waals surface area (Å²) in [6, 6.07) is 16.3. The Morgan fingerprint density at radius 2 is 1.97 bits per heavy atom. The van der Waals surface area contributed by atoms with E-state index >= 15 is 0 Å². The Hall–Kier alpha value is -3.42. The van der Waals surface area contributed by atoms with Crippen molar-refractivity contribution in [2.24, 2.45) is 0 Å². The van der Waals surface area contributed by atoms with Crippen LogP contribution in [-0.4, -0.2) is 47.5 Å². The molecule has 8 nitrogen and oxygen atoms in total. The second kappa shape index (κ2) is 10.0. The molecule has 0 spiro atoms. The van der Waals surface area contributed by atoms with Gasteiger partial charge >= 0.3 is 0 Å². The van der Waals surface area contributed by atoms with Crippen LogP contribution in [0.25, 0.3) is 0 Å². The standard InChI is InChI=1S/C27H27ClFN5O3S/c1-18-13-25(34(32-18)12-9-19-5-3-2-4-6-19)33-16-21(15-23(33)26(35)31-27(17-30)10-11-27)38(36,37)24-8-7-20(29)14-22(24)28/h2-8,13-14,21,23H,9-12,15-16H2,1H3,(H,31,35)/t21-,23+/m1/s1. The molecular formula is C27H27ClFN5O3S. The fourth-order valence-corrected chi connectivity index (χ4v) is 7.16. The maximum atomic E-state index is 13.6. The summed E-state index contributed by atoms with van der Waals surface area (Å²) >= 11 is 6.12. The number of sulfone groups is 1. The minimum atomic E-state index is -4.00. The Morgan fingerprint density at radius 3 is 2.63 bits per heavy atom. The highest BCUT2D eigenvalue weighted by molar-refractivity contribution is 7.92. The molecule has 5 rings (SSSR count). The van der Waals surface area contributed by atoms with Crippen LogP contribution in [0.2, 0.25) is 5.02 Å². The fourth-order valence-electron chi connectivity index (χ4n) is 4.93. The third kappa shape index (κ3) is 5.13. The quantitative estimate of drug-likeness (QED) is 0.423. The zero-order valence-electron chi connectivity index (χ0n) is 20.8. The van der Waals surface area contributed by atoms with Gasteiger partial charge in [0.1, 0.15) is 23.2 Å². The van der Waals surface area contributed by atoms with Gasteiger partial charge in [0.05, 0.1) is 26.9 Å². The first-order chi connectivity index (χ1) is 18.1. The number of carbonyl (C=O) groups excluding carboxylic acids is 1. The third-order valence-electron chi connectivity index (χ3n) is 7.16. The zero-order valence-corrected chi connectivity index (χ0v) is 22.3. The van der Waals surface area contributed by atoms with Crippen molar-refractivity contribution < 1.29 is 17.6 Å². The molecule has 0 radical (unpaired) electrons. The Bertz CT molecular complexity index is 1520. The molecule has 1 saturated carbocycles. The van der Waals surface area contributed by atoms with Crippen LogP contribution in [-0.2, 0) is 27.6 Å². The van der Waals surface area contributed by atoms with E-state index in [9.17, 15) is 22.9 Å². The number of halogens is 2. The first-order valence-electron chi connectivity index (χ1n) is 12.4. The molecule has 2 heterocycles. The molecule has 2 atom stereocenters. The molecule has 0 bridgehead atoms. The molecule has 2 fully saturated rings. The van der Waals surface area contributed by atoms with E-state index < -0.39 is 38.4 Å². The van der Waals surface area contributed by atoms with Crippen LogP contribution in [0, 0.1) is 24.1 Å². The van der Waals surface area contributed by atoms with Crippen LogP contribution in [0.5, 0.6) is 0 Å². The number of anilines is 1. The first kappa shape index (κ1) is 26.2. The van der Waals surface area contributed by atoms with Crippen molar-refractivity contribution in [2.75, 3.05) is 11.4 Å². The number of amides is 1. The van der Waals surface area contributed by atoms with Gasteiger partial charge in [0.15, 0.2) is 9.84 Å². The topological polar surface area (TPSA) is 108 Å². The number of aryl methyl sites for hydroxylation is 3. The van der Waals surface area contributed by atoms with Crippen LogP contribution in [0.3, 0.4) is 0 Å². The van der Waals surface area contributed by atoms with E-state index in [0.717, 1.165) is 29.5 Å². The summed E-state index contributed by atoms with van der Waals surface area (Å²) in [6.07, 6.45) is 1.81. The molecule has 198 valence electrons. The normalized spacial score (nSPS) is 20.2. The van der Waals surface area contributed by atoms with Crippen LogP contribution in [0.1, 0.15) is 30.5 Å². The van der Waals surface area contributed by atoms with Crippen molar-refractivity contribution in [1.82, 2.24) is 15.1 Å². The molecule has 11 heteroatoms. The predicted octanol–water partition coefficient (Wildman–Crippen LogP) is 3.82. The van der Waals surface area contributed by atoms with Gasteiger partial charge in [-0.3, -0.25) is 4.79 Å².